The van der Waals surface area contributed by atoms with Gasteiger partial charge in [-0.25, -0.2) is 0 Å². The molecule has 1 saturated carbocycles. The fourth-order valence-electron chi connectivity index (χ4n) is 2.44. The third kappa shape index (κ3) is 3.56. The molecule has 1 N–H and O–H groups in total. The second kappa shape index (κ2) is 5.67. The third-order valence-electron chi connectivity index (χ3n) is 3.38. The number of halogens is 1. The number of amides is 1. The summed E-state index contributed by atoms with van der Waals surface area (Å²) in [5.41, 5.74) is 0.742. The number of carbonyl (C=O) groups is 1. The van der Waals surface area contributed by atoms with E-state index in [-0.39, 0.29) is 5.91 Å². The Bertz CT molecular complexity index is 388. The molecular formula is C14H18BrNO. The van der Waals surface area contributed by atoms with Gasteiger partial charge in [-0.2, -0.15) is 0 Å². The highest BCUT2D eigenvalue weighted by atomic mass is 79.9. The van der Waals surface area contributed by atoms with Gasteiger partial charge in [0, 0.05) is 16.1 Å². The van der Waals surface area contributed by atoms with Crippen molar-refractivity contribution < 1.29 is 4.79 Å². The van der Waals surface area contributed by atoms with Crippen LogP contribution < -0.4 is 5.32 Å². The average Bonchev–Trinajstić information content (AvgIpc) is 2.29. The summed E-state index contributed by atoms with van der Waals surface area (Å²) in [5.74, 6) is 0.788. The summed E-state index contributed by atoms with van der Waals surface area (Å²) >= 11 is 3.37. The van der Waals surface area contributed by atoms with Gasteiger partial charge in [0.2, 0.25) is 0 Å². The maximum absolute atomic E-state index is 12.0. The molecule has 2 atom stereocenters. The minimum absolute atomic E-state index is 0.0524. The van der Waals surface area contributed by atoms with Crippen LogP contribution in [-0.4, -0.2) is 11.9 Å². The Balaban J connectivity index is 1.94. The van der Waals surface area contributed by atoms with Gasteiger partial charge in [-0.1, -0.05) is 35.7 Å². The van der Waals surface area contributed by atoms with Crippen LogP contribution in [0.2, 0.25) is 0 Å². The van der Waals surface area contributed by atoms with E-state index in [0.29, 0.717) is 6.04 Å². The number of rotatable bonds is 2. The summed E-state index contributed by atoms with van der Waals surface area (Å²) in [7, 11) is 0. The van der Waals surface area contributed by atoms with E-state index in [9.17, 15) is 4.79 Å². The van der Waals surface area contributed by atoms with Gasteiger partial charge < -0.3 is 5.32 Å². The molecule has 1 fully saturated rings. The van der Waals surface area contributed by atoms with Crippen molar-refractivity contribution in [2.75, 3.05) is 0 Å². The molecule has 0 heterocycles. The van der Waals surface area contributed by atoms with Gasteiger partial charge in [-0.15, -0.1) is 0 Å². The van der Waals surface area contributed by atoms with Gasteiger partial charge in [0.15, 0.2) is 0 Å². The van der Waals surface area contributed by atoms with E-state index in [0.717, 1.165) is 28.8 Å². The maximum Gasteiger partial charge on any atom is 0.251 e. The van der Waals surface area contributed by atoms with Crippen molar-refractivity contribution in [3.05, 3.63) is 34.3 Å². The summed E-state index contributed by atoms with van der Waals surface area (Å²) in [6, 6.07) is 7.86. The number of benzene rings is 1. The van der Waals surface area contributed by atoms with Crippen LogP contribution in [0.4, 0.5) is 0 Å². The van der Waals surface area contributed by atoms with Crippen LogP contribution in [0.15, 0.2) is 28.7 Å². The molecule has 1 aromatic rings. The lowest BCUT2D eigenvalue weighted by Crippen LogP contribution is -2.37. The van der Waals surface area contributed by atoms with Crippen LogP contribution in [0.25, 0.3) is 0 Å². The van der Waals surface area contributed by atoms with E-state index in [4.69, 9.17) is 0 Å². The SMILES string of the molecule is CC1CCCC(NC(=O)c2ccc(Br)cc2)C1. The average molecular weight is 296 g/mol. The Kier molecular flexibility index (Phi) is 4.21. The fourth-order valence-corrected chi connectivity index (χ4v) is 2.70. The smallest absolute Gasteiger partial charge is 0.251 e. The predicted octanol–water partition coefficient (Wildman–Crippen LogP) is 3.76. The molecular weight excluding hydrogens is 278 g/mol. The lowest BCUT2D eigenvalue weighted by Gasteiger charge is -2.27. The number of carbonyl (C=O) groups excluding carboxylic acids is 1. The third-order valence-corrected chi connectivity index (χ3v) is 3.91. The number of hydrogen-bond donors (Lipinski definition) is 1. The summed E-state index contributed by atoms with van der Waals surface area (Å²) < 4.78 is 1.00. The number of hydrogen-bond acceptors (Lipinski definition) is 1. The molecule has 1 aliphatic carbocycles. The van der Waals surface area contributed by atoms with Crippen molar-refractivity contribution in [2.45, 2.75) is 38.6 Å². The molecule has 3 heteroatoms. The first kappa shape index (κ1) is 12.6. The second-order valence-corrected chi connectivity index (χ2v) is 5.86. The topological polar surface area (TPSA) is 29.1 Å². The lowest BCUT2D eigenvalue weighted by molar-refractivity contribution is 0.0921. The number of nitrogens with one attached hydrogen (secondary N) is 1. The van der Waals surface area contributed by atoms with Crippen LogP contribution >= 0.6 is 15.9 Å². The van der Waals surface area contributed by atoms with Crippen molar-refractivity contribution in [2.24, 2.45) is 5.92 Å². The van der Waals surface area contributed by atoms with E-state index in [1.807, 2.05) is 24.3 Å². The molecule has 1 aromatic carbocycles. The largest absolute Gasteiger partial charge is 0.349 e. The zero-order chi connectivity index (χ0) is 12.3. The van der Waals surface area contributed by atoms with Gasteiger partial charge in [-0.05, 0) is 43.0 Å². The molecule has 0 saturated heterocycles. The molecule has 2 nitrogen and oxygen atoms in total. The van der Waals surface area contributed by atoms with Crippen molar-refractivity contribution in [1.82, 2.24) is 5.32 Å². The Labute approximate surface area is 111 Å². The van der Waals surface area contributed by atoms with E-state index in [2.05, 4.69) is 28.2 Å². The molecule has 17 heavy (non-hydrogen) atoms. The molecule has 0 spiro atoms. The van der Waals surface area contributed by atoms with E-state index < -0.39 is 0 Å². The van der Waals surface area contributed by atoms with Gasteiger partial charge >= 0.3 is 0 Å². The standard InChI is InChI=1S/C14H18BrNO/c1-10-3-2-4-13(9-10)16-14(17)11-5-7-12(15)8-6-11/h5-8,10,13H,2-4,9H2,1H3,(H,16,17). The second-order valence-electron chi connectivity index (χ2n) is 4.95. The Morgan fingerprint density at radius 1 is 1.29 bits per heavy atom. The highest BCUT2D eigenvalue weighted by Gasteiger charge is 2.20. The van der Waals surface area contributed by atoms with E-state index in [1.165, 1.54) is 12.8 Å². The molecule has 2 unspecified atom stereocenters. The molecule has 92 valence electrons. The normalized spacial score (nSPS) is 24.4. The molecule has 2 rings (SSSR count). The van der Waals surface area contributed by atoms with E-state index >= 15 is 0 Å². The Morgan fingerprint density at radius 3 is 2.65 bits per heavy atom. The molecule has 0 aromatic heterocycles. The lowest BCUT2D eigenvalue weighted by atomic mass is 9.87. The highest BCUT2D eigenvalue weighted by Crippen LogP contribution is 2.23. The van der Waals surface area contributed by atoms with Gasteiger partial charge in [-0.3, -0.25) is 4.79 Å². The zero-order valence-corrected chi connectivity index (χ0v) is 11.7. The summed E-state index contributed by atoms with van der Waals surface area (Å²) in [5, 5.41) is 3.13. The monoisotopic (exact) mass is 295 g/mol. The van der Waals surface area contributed by atoms with Crippen molar-refractivity contribution in [3.63, 3.8) is 0 Å². The molecule has 1 amide bonds. The molecule has 0 aliphatic heterocycles. The molecule has 1 aliphatic rings. The van der Waals surface area contributed by atoms with Crippen LogP contribution in [-0.2, 0) is 0 Å². The van der Waals surface area contributed by atoms with Crippen LogP contribution in [0.3, 0.4) is 0 Å². The Morgan fingerprint density at radius 2 is 2.00 bits per heavy atom. The van der Waals surface area contributed by atoms with Gasteiger partial charge in [0.1, 0.15) is 0 Å². The van der Waals surface area contributed by atoms with Gasteiger partial charge in [0.05, 0.1) is 0 Å². The highest BCUT2D eigenvalue weighted by molar-refractivity contribution is 9.10. The van der Waals surface area contributed by atoms with Crippen LogP contribution in [0, 0.1) is 5.92 Å². The maximum atomic E-state index is 12.0. The first-order valence-electron chi connectivity index (χ1n) is 6.21. The zero-order valence-electron chi connectivity index (χ0n) is 10.1. The molecule has 0 bridgehead atoms. The summed E-state index contributed by atoms with van der Waals surface area (Å²) in [6.07, 6.45) is 4.76. The van der Waals surface area contributed by atoms with Gasteiger partial charge in [0.25, 0.3) is 5.91 Å². The molecule has 0 radical (unpaired) electrons. The van der Waals surface area contributed by atoms with Crippen molar-refractivity contribution in [3.8, 4) is 0 Å². The fraction of sp³-hybridized carbons (Fsp3) is 0.500. The first-order valence-corrected chi connectivity index (χ1v) is 7.01. The first-order chi connectivity index (χ1) is 8.15. The predicted molar refractivity (Wildman–Crippen MR) is 73.0 cm³/mol. The minimum Gasteiger partial charge on any atom is -0.349 e. The quantitative estimate of drug-likeness (QED) is 0.884. The van der Waals surface area contributed by atoms with Crippen molar-refractivity contribution in [1.29, 1.82) is 0 Å². The van der Waals surface area contributed by atoms with E-state index in [1.54, 1.807) is 0 Å². The minimum atomic E-state index is 0.0524. The summed E-state index contributed by atoms with van der Waals surface area (Å²) in [4.78, 5) is 12.0. The Hall–Kier alpha value is -0.830. The van der Waals surface area contributed by atoms with Crippen LogP contribution in [0.1, 0.15) is 43.0 Å². The summed E-state index contributed by atoms with van der Waals surface area (Å²) in [6.45, 7) is 2.26. The van der Waals surface area contributed by atoms with Crippen LogP contribution in [0.5, 0.6) is 0 Å². The van der Waals surface area contributed by atoms with Crippen molar-refractivity contribution >= 4 is 21.8 Å².